The molecule has 1 aromatic heterocycles. The van der Waals surface area contributed by atoms with Crippen LogP contribution in [-0.4, -0.2) is 26.3 Å². The molecular formula is C19H18F4N4S. The van der Waals surface area contributed by atoms with Gasteiger partial charge in [-0.25, -0.2) is 9.07 Å². The second-order valence-electron chi connectivity index (χ2n) is 6.49. The molecule has 0 aliphatic heterocycles. The topological polar surface area (TPSA) is 26.0 Å². The fourth-order valence-corrected chi connectivity index (χ4v) is 3.03. The van der Waals surface area contributed by atoms with Crippen LogP contribution in [-0.2, 0) is 26.4 Å². The van der Waals surface area contributed by atoms with Gasteiger partial charge in [-0.15, -0.1) is 0 Å². The summed E-state index contributed by atoms with van der Waals surface area (Å²) in [5.74, 6) is 0.0156. The number of hydrogen-bond acceptors (Lipinski definition) is 3. The number of alkyl halides is 3. The van der Waals surface area contributed by atoms with Gasteiger partial charge in [-0.05, 0) is 49.1 Å². The molecule has 28 heavy (non-hydrogen) atoms. The third-order valence-electron chi connectivity index (χ3n) is 4.26. The monoisotopic (exact) mass is 410 g/mol. The van der Waals surface area contributed by atoms with Crippen molar-refractivity contribution in [1.29, 1.82) is 0 Å². The summed E-state index contributed by atoms with van der Waals surface area (Å²) < 4.78 is 55.7. The van der Waals surface area contributed by atoms with Crippen LogP contribution in [0, 0.1) is 10.6 Å². The van der Waals surface area contributed by atoms with Crippen molar-refractivity contribution in [3.05, 3.63) is 70.2 Å². The first-order chi connectivity index (χ1) is 13.2. The van der Waals surface area contributed by atoms with E-state index >= 15 is 0 Å². The van der Waals surface area contributed by atoms with Crippen molar-refractivity contribution < 1.29 is 17.6 Å². The zero-order chi connectivity index (χ0) is 20.5. The van der Waals surface area contributed by atoms with Crippen LogP contribution in [0.15, 0.2) is 48.5 Å². The van der Waals surface area contributed by atoms with Crippen LogP contribution in [0.5, 0.6) is 0 Å². The van der Waals surface area contributed by atoms with Crippen LogP contribution in [0.4, 0.5) is 17.6 Å². The Morgan fingerprint density at radius 2 is 1.71 bits per heavy atom. The minimum Gasteiger partial charge on any atom is -0.303 e. The molecule has 0 saturated carbocycles. The summed E-state index contributed by atoms with van der Waals surface area (Å²) in [5, 5.41) is 4.41. The van der Waals surface area contributed by atoms with Gasteiger partial charge in [-0.2, -0.15) is 18.3 Å². The predicted octanol–water partition coefficient (Wildman–Crippen LogP) is 4.87. The van der Waals surface area contributed by atoms with Crippen LogP contribution in [0.1, 0.15) is 11.1 Å². The Morgan fingerprint density at radius 3 is 2.32 bits per heavy atom. The number of benzene rings is 2. The number of hydrogen-bond donors (Lipinski definition) is 0. The maximum Gasteiger partial charge on any atom is 0.416 e. The average Bonchev–Trinajstić information content (AvgIpc) is 2.90. The Kier molecular flexibility index (Phi) is 5.66. The van der Waals surface area contributed by atoms with Crippen LogP contribution >= 0.6 is 12.2 Å². The van der Waals surface area contributed by atoms with Gasteiger partial charge in [0.2, 0.25) is 0 Å². The van der Waals surface area contributed by atoms with Crippen LogP contribution in [0.3, 0.4) is 0 Å². The number of aromatic nitrogens is 3. The first-order valence-corrected chi connectivity index (χ1v) is 8.81. The Hall–Kier alpha value is -2.52. The molecule has 0 aliphatic rings. The molecule has 0 bridgehead atoms. The number of rotatable bonds is 5. The first-order valence-electron chi connectivity index (χ1n) is 8.40. The normalized spacial score (nSPS) is 12.0. The molecule has 0 N–H and O–H groups in total. The average molecular weight is 410 g/mol. The van der Waals surface area contributed by atoms with E-state index < -0.39 is 17.6 Å². The van der Waals surface area contributed by atoms with E-state index in [1.165, 1.54) is 18.2 Å². The summed E-state index contributed by atoms with van der Waals surface area (Å²) in [4.78, 5) is 1.86. The Labute approximate surface area is 164 Å². The van der Waals surface area contributed by atoms with Crippen molar-refractivity contribution in [1.82, 2.24) is 19.2 Å². The van der Waals surface area contributed by atoms with E-state index in [0.717, 1.165) is 17.7 Å². The zero-order valence-corrected chi connectivity index (χ0v) is 16.1. The largest absolute Gasteiger partial charge is 0.416 e. The second kappa shape index (κ2) is 7.84. The fraction of sp³-hybridized carbons (Fsp3) is 0.263. The standard InChI is InChI=1S/C19H18F4N4S/c1-25(11-13-7-9-14(10-8-13)19(21,22)23)12-27-18(28)26(2)17(24-27)15-5-3-4-6-16(15)20/h3-10H,11-12H2,1-2H3. The highest BCUT2D eigenvalue weighted by atomic mass is 32.1. The van der Waals surface area contributed by atoms with Gasteiger partial charge in [0.1, 0.15) is 5.82 Å². The minimum atomic E-state index is -4.35. The summed E-state index contributed by atoms with van der Waals surface area (Å²) in [6.45, 7) is 0.716. The quantitative estimate of drug-likeness (QED) is 0.444. The molecule has 0 unspecified atom stereocenters. The highest BCUT2D eigenvalue weighted by Crippen LogP contribution is 2.29. The van der Waals surface area contributed by atoms with E-state index in [1.807, 2.05) is 4.90 Å². The number of nitrogens with zero attached hydrogens (tertiary/aromatic N) is 4. The van der Waals surface area contributed by atoms with Crippen molar-refractivity contribution in [2.75, 3.05) is 7.05 Å². The molecule has 148 valence electrons. The Bertz CT molecular complexity index is 1020. The van der Waals surface area contributed by atoms with Gasteiger partial charge in [0.15, 0.2) is 10.6 Å². The lowest BCUT2D eigenvalue weighted by Crippen LogP contribution is -2.22. The molecule has 0 amide bonds. The van der Waals surface area contributed by atoms with Crippen molar-refractivity contribution in [2.24, 2.45) is 7.05 Å². The summed E-state index contributed by atoms with van der Waals surface area (Å²) in [6, 6.07) is 11.3. The fourth-order valence-electron chi connectivity index (χ4n) is 2.85. The van der Waals surface area contributed by atoms with Crippen LogP contribution in [0.2, 0.25) is 0 Å². The molecule has 3 rings (SSSR count). The Balaban J connectivity index is 1.76. The SMILES string of the molecule is CN(Cc1ccc(C(F)(F)F)cc1)Cn1nc(-c2ccccc2F)n(C)c1=S. The molecule has 2 aromatic carbocycles. The van der Waals surface area contributed by atoms with E-state index in [-0.39, 0.29) is 0 Å². The summed E-state index contributed by atoms with van der Waals surface area (Å²) in [6.07, 6.45) is -4.35. The summed E-state index contributed by atoms with van der Waals surface area (Å²) >= 11 is 5.39. The predicted molar refractivity (Wildman–Crippen MR) is 100 cm³/mol. The molecular weight excluding hydrogens is 392 g/mol. The van der Waals surface area contributed by atoms with Crippen molar-refractivity contribution in [2.45, 2.75) is 19.4 Å². The lowest BCUT2D eigenvalue weighted by Gasteiger charge is -2.17. The van der Waals surface area contributed by atoms with E-state index in [4.69, 9.17) is 12.2 Å². The van der Waals surface area contributed by atoms with Gasteiger partial charge in [0.05, 0.1) is 17.8 Å². The summed E-state index contributed by atoms with van der Waals surface area (Å²) in [7, 11) is 3.51. The van der Waals surface area contributed by atoms with Gasteiger partial charge in [-0.3, -0.25) is 4.90 Å². The molecule has 0 saturated heterocycles. The third-order valence-corrected chi connectivity index (χ3v) is 4.75. The van der Waals surface area contributed by atoms with E-state index in [9.17, 15) is 17.6 Å². The molecule has 0 atom stereocenters. The molecule has 0 radical (unpaired) electrons. The maximum atomic E-state index is 14.1. The van der Waals surface area contributed by atoms with Crippen molar-refractivity contribution >= 4 is 12.2 Å². The number of halogens is 4. The Morgan fingerprint density at radius 1 is 1.07 bits per heavy atom. The maximum absolute atomic E-state index is 14.1. The van der Waals surface area contributed by atoms with E-state index in [1.54, 1.807) is 41.5 Å². The molecule has 3 aromatic rings. The summed E-state index contributed by atoms with van der Waals surface area (Å²) in [5.41, 5.74) is 0.396. The van der Waals surface area contributed by atoms with Crippen molar-refractivity contribution in [3.63, 3.8) is 0 Å². The highest BCUT2D eigenvalue weighted by molar-refractivity contribution is 7.71. The first kappa shape index (κ1) is 20.2. The lowest BCUT2D eigenvalue weighted by molar-refractivity contribution is -0.137. The smallest absolute Gasteiger partial charge is 0.303 e. The van der Waals surface area contributed by atoms with Crippen LogP contribution in [0.25, 0.3) is 11.4 Å². The highest BCUT2D eigenvalue weighted by Gasteiger charge is 2.29. The van der Waals surface area contributed by atoms with Gasteiger partial charge >= 0.3 is 6.18 Å². The van der Waals surface area contributed by atoms with E-state index in [2.05, 4.69) is 5.10 Å². The van der Waals surface area contributed by atoms with Crippen molar-refractivity contribution in [3.8, 4) is 11.4 Å². The van der Waals surface area contributed by atoms with Crippen LogP contribution < -0.4 is 0 Å². The molecule has 4 nitrogen and oxygen atoms in total. The van der Waals surface area contributed by atoms with Gasteiger partial charge < -0.3 is 4.57 Å². The zero-order valence-electron chi connectivity index (χ0n) is 15.2. The molecule has 0 spiro atoms. The van der Waals surface area contributed by atoms with Gasteiger partial charge in [-0.1, -0.05) is 24.3 Å². The van der Waals surface area contributed by atoms with Gasteiger partial charge in [0.25, 0.3) is 0 Å². The molecule has 1 heterocycles. The minimum absolute atomic E-state index is 0.308. The molecule has 9 heteroatoms. The van der Waals surface area contributed by atoms with Gasteiger partial charge in [0, 0.05) is 13.6 Å². The third kappa shape index (κ3) is 4.31. The molecule has 0 fully saturated rings. The van der Waals surface area contributed by atoms with E-state index in [0.29, 0.717) is 29.4 Å². The lowest BCUT2D eigenvalue weighted by atomic mass is 10.1. The molecule has 0 aliphatic carbocycles. The second-order valence-corrected chi connectivity index (χ2v) is 6.86.